The number of esters is 1. The molecule has 1 fully saturated rings. The molecule has 1 saturated carbocycles. The first-order valence-corrected chi connectivity index (χ1v) is 12.8. The van der Waals surface area contributed by atoms with Crippen LogP contribution in [0, 0.1) is 5.92 Å². The summed E-state index contributed by atoms with van der Waals surface area (Å²) in [5, 5.41) is 5.03. The van der Waals surface area contributed by atoms with Crippen LogP contribution in [0.3, 0.4) is 0 Å². The van der Waals surface area contributed by atoms with Crippen LogP contribution in [-0.4, -0.2) is 44.0 Å². The van der Waals surface area contributed by atoms with Gasteiger partial charge in [0.05, 0.1) is 0 Å². The summed E-state index contributed by atoms with van der Waals surface area (Å²) in [6.45, 7) is -0.0964. The summed E-state index contributed by atoms with van der Waals surface area (Å²) in [7, 11) is 0. The lowest BCUT2D eigenvalue weighted by atomic mass is 9.98. The first-order chi connectivity index (χ1) is 18.6. The Morgan fingerprint density at radius 2 is 1.42 bits per heavy atom. The van der Waals surface area contributed by atoms with Gasteiger partial charge in [0.1, 0.15) is 26.5 Å². The highest BCUT2D eigenvalue weighted by atomic mass is 16.6. The van der Waals surface area contributed by atoms with Gasteiger partial charge in [-0.1, -0.05) is 78.9 Å². The van der Waals surface area contributed by atoms with Crippen molar-refractivity contribution in [2.45, 2.75) is 31.5 Å². The molecule has 0 bridgehead atoms. The molecule has 38 heavy (non-hydrogen) atoms. The van der Waals surface area contributed by atoms with E-state index in [0.29, 0.717) is 0 Å². The predicted octanol–water partition coefficient (Wildman–Crippen LogP) is 4.14. The first kappa shape index (κ1) is 25.5. The number of hydrogen-bond donors (Lipinski definition) is 2. The van der Waals surface area contributed by atoms with Gasteiger partial charge >= 0.3 is 12.1 Å². The zero-order valence-electron chi connectivity index (χ0n) is 20.9. The smallest absolute Gasteiger partial charge is 0.407 e. The lowest BCUT2D eigenvalue weighted by Crippen LogP contribution is -2.40. The van der Waals surface area contributed by atoms with Crippen LogP contribution in [0.1, 0.15) is 35.4 Å². The largest absolute Gasteiger partial charge is 0.459 e. The molecule has 5 rings (SSSR count). The number of hydrogen-bond acceptors (Lipinski definition) is 6. The normalized spacial score (nSPS) is 14.6. The summed E-state index contributed by atoms with van der Waals surface area (Å²) in [5.41, 5.74) is 5.41. The first-order valence-electron chi connectivity index (χ1n) is 12.8. The molecular weight excluding hydrogens is 484 g/mol. The van der Waals surface area contributed by atoms with E-state index in [1.807, 2.05) is 66.7 Å². The van der Waals surface area contributed by atoms with Crippen molar-refractivity contribution in [2.24, 2.45) is 5.92 Å². The molecule has 2 N–H and O–H groups in total. The van der Waals surface area contributed by atoms with E-state index in [2.05, 4.69) is 22.8 Å². The summed E-state index contributed by atoms with van der Waals surface area (Å²) in [6, 6.07) is 25.6. The maximum absolute atomic E-state index is 12.5. The van der Waals surface area contributed by atoms with Crippen LogP contribution in [-0.2, 0) is 30.4 Å². The minimum absolute atomic E-state index is 0.0589. The molecule has 2 aliphatic rings. The number of alkyl carbamates (subject to hydrolysis) is 1. The van der Waals surface area contributed by atoms with E-state index in [0.717, 1.165) is 40.7 Å². The van der Waals surface area contributed by atoms with Crippen molar-refractivity contribution in [3.05, 3.63) is 95.6 Å². The SMILES string of the molecule is O=C(CNC(=O)OCC1c2ccccc2-c2ccccc21)NCO[C@H](C(=O)OCc1ccccc1)C1CC1. The molecule has 3 aromatic carbocycles. The maximum atomic E-state index is 12.5. The van der Waals surface area contributed by atoms with Gasteiger partial charge in [-0.05, 0) is 46.6 Å². The number of nitrogens with one attached hydrogen (secondary N) is 2. The Labute approximate surface area is 221 Å². The molecule has 1 atom stereocenters. The van der Waals surface area contributed by atoms with Crippen LogP contribution in [0.15, 0.2) is 78.9 Å². The van der Waals surface area contributed by atoms with Crippen molar-refractivity contribution in [1.82, 2.24) is 10.6 Å². The van der Waals surface area contributed by atoms with Gasteiger partial charge in [-0.15, -0.1) is 0 Å². The predicted molar refractivity (Wildman–Crippen MR) is 140 cm³/mol. The van der Waals surface area contributed by atoms with E-state index in [-0.39, 0.29) is 38.3 Å². The molecular formula is C30H30N2O6. The Kier molecular flexibility index (Phi) is 7.99. The molecule has 0 aromatic heterocycles. The molecule has 2 aliphatic carbocycles. The monoisotopic (exact) mass is 514 g/mol. The fourth-order valence-electron chi connectivity index (χ4n) is 4.68. The second-order valence-electron chi connectivity index (χ2n) is 9.44. The third-order valence-electron chi connectivity index (χ3n) is 6.78. The van der Waals surface area contributed by atoms with Gasteiger partial charge in [-0.2, -0.15) is 0 Å². The minimum atomic E-state index is -0.728. The van der Waals surface area contributed by atoms with Crippen molar-refractivity contribution in [3.8, 4) is 11.1 Å². The highest BCUT2D eigenvalue weighted by Crippen LogP contribution is 2.44. The molecule has 8 heteroatoms. The Balaban J connectivity index is 1.03. The molecule has 0 unspecified atom stereocenters. The van der Waals surface area contributed by atoms with E-state index >= 15 is 0 Å². The summed E-state index contributed by atoms with van der Waals surface area (Å²) >= 11 is 0. The third kappa shape index (κ3) is 6.20. The molecule has 196 valence electrons. The molecule has 0 saturated heterocycles. The molecule has 0 heterocycles. The second-order valence-corrected chi connectivity index (χ2v) is 9.44. The number of amides is 2. The molecule has 0 spiro atoms. The van der Waals surface area contributed by atoms with Crippen LogP contribution in [0.25, 0.3) is 11.1 Å². The quantitative estimate of drug-likeness (QED) is 0.295. The fourth-order valence-corrected chi connectivity index (χ4v) is 4.68. The van der Waals surface area contributed by atoms with Crippen molar-refractivity contribution in [1.29, 1.82) is 0 Å². The van der Waals surface area contributed by atoms with Gasteiger partial charge in [0.25, 0.3) is 0 Å². The molecule has 0 aliphatic heterocycles. The van der Waals surface area contributed by atoms with Gasteiger partial charge in [-0.3, -0.25) is 4.79 Å². The number of fused-ring (bicyclic) bond motifs is 3. The van der Waals surface area contributed by atoms with E-state index in [1.54, 1.807) is 0 Å². The Morgan fingerprint density at radius 3 is 2.08 bits per heavy atom. The van der Waals surface area contributed by atoms with Gasteiger partial charge < -0.3 is 24.8 Å². The Morgan fingerprint density at radius 1 is 0.789 bits per heavy atom. The van der Waals surface area contributed by atoms with Gasteiger partial charge in [0.15, 0.2) is 6.10 Å². The summed E-state index contributed by atoms with van der Waals surface area (Å²) < 4.78 is 16.5. The van der Waals surface area contributed by atoms with E-state index in [1.165, 1.54) is 0 Å². The number of ether oxygens (including phenoxy) is 3. The van der Waals surface area contributed by atoms with E-state index in [9.17, 15) is 14.4 Å². The zero-order chi connectivity index (χ0) is 26.3. The summed E-state index contributed by atoms with van der Waals surface area (Å²) in [5.74, 6) is -0.862. The highest BCUT2D eigenvalue weighted by Gasteiger charge is 2.38. The fraction of sp³-hybridized carbons (Fsp3) is 0.300. The topological polar surface area (TPSA) is 103 Å². The van der Waals surface area contributed by atoms with Gasteiger partial charge in [0.2, 0.25) is 5.91 Å². The van der Waals surface area contributed by atoms with Crippen LogP contribution in [0.5, 0.6) is 0 Å². The minimum Gasteiger partial charge on any atom is -0.459 e. The van der Waals surface area contributed by atoms with Crippen molar-refractivity contribution >= 4 is 18.0 Å². The highest BCUT2D eigenvalue weighted by molar-refractivity contribution is 5.82. The van der Waals surface area contributed by atoms with Gasteiger partial charge in [0, 0.05) is 5.92 Å². The van der Waals surface area contributed by atoms with Crippen molar-refractivity contribution in [3.63, 3.8) is 0 Å². The summed E-state index contributed by atoms with van der Waals surface area (Å²) in [6.07, 6.45) is 0.350. The Hall–Kier alpha value is -4.17. The molecule has 0 radical (unpaired) electrons. The van der Waals surface area contributed by atoms with Crippen molar-refractivity contribution < 1.29 is 28.6 Å². The van der Waals surface area contributed by atoms with Crippen LogP contribution in [0.2, 0.25) is 0 Å². The standard InChI is InChI=1S/C30H30N2O6/c33-27(32-19-38-28(21-14-15-21)29(34)36-17-20-8-2-1-3-9-20)16-31-30(35)37-18-26-24-12-6-4-10-22(24)23-11-5-7-13-25(23)26/h1-13,21,26,28H,14-19H2,(H,31,35)(H,32,33)/t28-/m0/s1. The lowest BCUT2D eigenvalue weighted by Gasteiger charge is -2.17. The average molecular weight is 515 g/mol. The van der Waals surface area contributed by atoms with E-state index < -0.39 is 24.1 Å². The zero-order valence-corrected chi connectivity index (χ0v) is 20.9. The molecule has 2 amide bonds. The van der Waals surface area contributed by atoms with Gasteiger partial charge in [-0.25, -0.2) is 9.59 Å². The summed E-state index contributed by atoms with van der Waals surface area (Å²) in [4.78, 5) is 37.0. The number of carbonyl (C=O) groups excluding carboxylic acids is 3. The maximum Gasteiger partial charge on any atom is 0.407 e. The molecule has 3 aromatic rings. The number of benzene rings is 3. The second kappa shape index (κ2) is 11.9. The number of carbonyl (C=O) groups is 3. The average Bonchev–Trinajstić information content (AvgIpc) is 3.74. The molecule has 8 nitrogen and oxygen atoms in total. The number of rotatable bonds is 11. The van der Waals surface area contributed by atoms with Crippen LogP contribution >= 0.6 is 0 Å². The van der Waals surface area contributed by atoms with Crippen LogP contribution < -0.4 is 10.6 Å². The van der Waals surface area contributed by atoms with Crippen LogP contribution in [0.4, 0.5) is 4.79 Å². The van der Waals surface area contributed by atoms with Crippen molar-refractivity contribution in [2.75, 3.05) is 19.9 Å². The van der Waals surface area contributed by atoms with E-state index in [4.69, 9.17) is 14.2 Å². The third-order valence-corrected chi connectivity index (χ3v) is 6.78. The Bertz CT molecular complexity index is 1250. The lowest BCUT2D eigenvalue weighted by molar-refractivity contribution is -0.161.